The Kier molecular flexibility index (Phi) is 1.09. The molecular weight excluding hydrogens is 170 g/mol. The van der Waals surface area contributed by atoms with Crippen LogP contribution in [0.25, 0.3) is 0 Å². The van der Waals surface area contributed by atoms with Gasteiger partial charge in [0, 0.05) is 11.0 Å². The summed E-state index contributed by atoms with van der Waals surface area (Å²) >= 11 is 1.68. The fourth-order valence-electron chi connectivity index (χ4n) is 2.80. The predicted octanol–water partition coefficient (Wildman–Crippen LogP) is 1.06. The molecule has 3 aliphatic rings. The minimum absolute atomic E-state index is 0.158. The lowest BCUT2D eigenvalue weighted by molar-refractivity contribution is 0.198. The van der Waals surface area contributed by atoms with Crippen LogP contribution in [0, 0.1) is 0 Å². The Bertz CT molecular complexity index is 300. The molecule has 2 bridgehead atoms. The van der Waals surface area contributed by atoms with Crippen LogP contribution in [0.1, 0.15) is 30.7 Å². The third-order valence-corrected chi connectivity index (χ3v) is 4.23. The largest absolute Gasteiger partial charge is 0.325 e. The van der Waals surface area contributed by atoms with Gasteiger partial charge in [0.1, 0.15) is 10.5 Å². The Morgan fingerprint density at radius 3 is 2.75 bits per heavy atom. The fourth-order valence-corrected chi connectivity index (χ4v) is 3.58. The first kappa shape index (κ1) is 6.97. The van der Waals surface area contributed by atoms with E-state index in [0.717, 1.165) is 12.8 Å². The molecule has 0 radical (unpaired) electrons. The summed E-state index contributed by atoms with van der Waals surface area (Å²) in [4.78, 5) is 0. The molecule has 0 atom stereocenters. The maximum absolute atomic E-state index is 6.09. The Hall–Kier alpha value is -0.480. The van der Waals surface area contributed by atoms with Crippen molar-refractivity contribution in [2.24, 2.45) is 5.73 Å². The minimum Gasteiger partial charge on any atom is -0.325 e. The van der Waals surface area contributed by atoms with Crippen LogP contribution >= 0.6 is 11.3 Å². The molecule has 0 saturated heterocycles. The summed E-state index contributed by atoms with van der Waals surface area (Å²) < 4.78 is 0. The summed E-state index contributed by atoms with van der Waals surface area (Å²) in [5.74, 6) is 0. The molecule has 0 amide bonds. The molecule has 0 unspecified atom stereocenters. The van der Waals surface area contributed by atoms with Crippen LogP contribution in [0.5, 0.6) is 0 Å². The van der Waals surface area contributed by atoms with E-state index in [-0.39, 0.29) is 5.54 Å². The van der Waals surface area contributed by atoms with E-state index >= 15 is 0 Å². The molecular formula is C8H11N3S. The first-order chi connectivity index (χ1) is 5.73. The highest BCUT2D eigenvalue weighted by Crippen LogP contribution is 2.61. The van der Waals surface area contributed by atoms with E-state index in [0.29, 0.717) is 5.41 Å². The van der Waals surface area contributed by atoms with Gasteiger partial charge < -0.3 is 5.73 Å². The van der Waals surface area contributed by atoms with Gasteiger partial charge in [-0.1, -0.05) is 0 Å². The van der Waals surface area contributed by atoms with E-state index in [1.54, 1.807) is 11.3 Å². The minimum atomic E-state index is 0.158. The van der Waals surface area contributed by atoms with Gasteiger partial charge in [-0.25, -0.2) is 0 Å². The van der Waals surface area contributed by atoms with Crippen molar-refractivity contribution in [1.82, 2.24) is 10.2 Å². The standard InChI is InChI=1S/C8H11N3S/c9-8-2-1-7(3-8,4-8)6-11-10-5-12-6/h5H,1-4,9H2. The van der Waals surface area contributed by atoms with Crippen LogP contribution < -0.4 is 5.73 Å². The van der Waals surface area contributed by atoms with Crippen LogP contribution in [0.3, 0.4) is 0 Å². The maximum Gasteiger partial charge on any atom is 0.123 e. The summed E-state index contributed by atoms with van der Waals surface area (Å²) in [5, 5.41) is 9.25. The Labute approximate surface area is 75.0 Å². The lowest BCUT2D eigenvalue weighted by Crippen LogP contribution is -2.52. The highest BCUT2D eigenvalue weighted by molar-refractivity contribution is 7.09. The van der Waals surface area contributed by atoms with Gasteiger partial charge in [-0.3, -0.25) is 0 Å². The number of nitrogens with two attached hydrogens (primary N) is 1. The van der Waals surface area contributed by atoms with Gasteiger partial charge in [0.05, 0.1) is 0 Å². The van der Waals surface area contributed by atoms with Gasteiger partial charge >= 0.3 is 0 Å². The molecule has 2 N–H and O–H groups in total. The van der Waals surface area contributed by atoms with E-state index < -0.39 is 0 Å². The van der Waals surface area contributed by atoms with Gasteiger partial charge in [-0.2, -0.15) is 0 Å². The Morgan fingerprint density at radius 2 is 2.25 bits per heavy atom. The number of nitrogens with zero attached hydrogens (tertiary/aromatic N) is 2. The molecule has 1 heterocycles. The molecule has 3 nitrogen and oxygen atoms in total. The summed E-state index contributed by atoms with van der Waals surface area (Å²) in [6.45, 7) is 0. The smallest absolute Gasteiger partial charge is 0.123 e. The number of rotatable bonds is 1. The molecule has 1 aromatic rings. The first-order valence-corrected chi connectivity index (χ1v) is 5.16. The van der Waals surface area contributed by atoms with Gasteiger partial charge in [0.15, 0.2) is 0 Å². The van der Waals surface area contributed by atoms with Crippen molar-refractivity contribution in [2.75, 3.05) is 0 Å². The fraction of sp³-hybridized carbons (Fsp3) is 0.750. The monoisotopic (exact) mass is 181 g/mol. The molecule has 0 aliphatic heterocycles. The van der Waals surface area contributed by atoms with Gasteiger partial charge in [0.2, 0.25) is 0 Å². The number of aromatic nitrogens is 2. The second-order valence-corrected chi connectivity index (χ2v) is 5.07. The molecule has 3 aliphatic carbocycles. The predicted molar refractivity (Wildman–Crippen MR) is 47.0 cm³/mol. The van der Waals surface area contributed by atoms with E-state index in [4.69, 9.17) is 5.73 Å². The lowest BCUT2D eigenvalue weighted by atomic mass is 9.66. The highest BCUT2D eigenvalue weighted by Gasteiger charge is 2.60. The van der Waals surface area contributed by atoms with E-state index in [1.165, 1.54) is 17.8 Å². The molecule has 4 heteroatoms. The van der Waals surface area contributed by atoms with E-state index in [2.05, 4.69) is 10.2 Å². The zero-order valence-corrected chi connectivity index (χ0v) is 7.60. The van der Waals surface area contributed by atoms with Crippen LogP contribution in [-0.2, 0) is 5.41 Å². The average molecular weight is 181 g/mol. The first-order valence-electron chi connectivity index (χ1n) is 4.28. The molecule has 0 spiro atoms. The van der Waals surface area contributed by atoms with E-state index in [9.17, 15) is 0 Å². The van der Waals surface area contributed by atoms with Crippen molar-refractivity contribution in [1.29, 1.82) is 0 Å². The van der Waals surface area contributed by atoms with Crippen molar-refractivity contribution >= 4 is 11.3 Å². The van der Waals surface area contributed by atoms with Gasteiger partial charge in [0.25, 0.3) is 0 Å². The maximum atomic E-state index is 6.09. The van der Waals surface area contributed by atoms with Crippen molar-refractivity contribution in [3.63, 3.8) is 0 Å². The van der Waals surface area contributed by atoms with Crippen LogP contribution in [0.2, 0.25) is 0 Å². The number of hydrogen-bond acceptors (Lipinski definition) is 4. The number of fused-ring (bicyclic) bond motifs is 1. The Balaban J connectivity index is 1.97. The topological polar surface area (TPSA) is 51.8 Å². The zero-order chi connectivity index (χ0) is 8.23. The summed E-state index contributed by atoms with van der Waals surface area (Å²) in [6.07, 6.45) is 4.66. The van der Waals surface area contributed by atoms with Crippen molar-refractivity contribution < 1.29 is 0 Å². The third kappa shape index (κ3) is 0.696. The molecule has 64 valence electrons. The van der Waals surface area contributed by atoms with Crippen molar-refractivity contribution in [3.8, 4) is 0 Å². The van der Waals surface area contributed by atoms with Gasteiger partial charge in [-0.05, 0) is 25.7 Å². The summed E-state index contributed by atoms with van der Waals surface area (Å²) in [6, 6.07) is 0. The van der Waals surface area contributed by atoms with Crippen LogP contribution in [-0.4, -0.2) is 15.7 Å². The van der Waals surface area contributed by atoms with Crippen LogP contribution in [0.15, 0.2) is 5.51 Å². The molecule has 0 aromatic carbocycles. The molecule has 3 saturated carbocycles. The molecule has 12 heavy (non-hydrogen) atoms. The van der Waals surface area contributed by atoms with E-state index in [1.807, 2.05) is 5.51 Å². The number of hydrogen-bond donors (Lipinski definition) is 1. The van der Waals surface area contributed by atoms with Gasteiger partial charge in [-0.15, -0.1) is 21.5 Å². The molecule has 1 aromatic heterocycles. The second kappa shape index (κ2) is 1.88. The van der Waals surface area contributed by atoms with Crippen molar-refractivity contribution in [3.05, 3.63) is 10.5 Å². The summed E-state index contributed by atoms with van der Waals surface area (Å²) in [7, 11) is 0. The quantitative estimate of drug-likeness (QED) is 0.705. The Morgan fingerprint density at radius 1 is 1.42 bits per heavy atom. The third-order valence-electron chi connectivity index (χ3n) is 3.30. The normalized spacial score (nSPS) is 44.4. The van der Waals surface area contributed by atoms with Crippen molar-refractivity contribution in [2.45, 2.75) is 36.6 Å². The van der Waals surface area contributed by atoms with Crippen LogP contribution in [0.4, 0.5) is 0 Å². The second-order valence-electron chi connectivity index (χ2n) is 4.24. The average Bonchev–Trinajstić information content (AvgIpc) is 2.55. The SMILES string of the molecule is NC12CCC(c3nncs3)(C1)C2. The summed E-state index contributed by atoms with van der Waals surface area (Å²) in [5.41, 5.74) is 8.41. The zero-order valence-electron chi connectivity index (χ0n) is 6.79. The lowest BCUT2D eigenvalue weighted by Gasteiger charge is -2.43. The molecule has 3 fully saturated rings. The highest BCUT2D eigenvalue weighted by atomic mass is 32.1. The molecule has 4 rings (SSSR count).